The maximum absolute atomic E-state index is 13.8. The first-order valence-corrected chi connectivity index (χ1v) is 10.5. The highest BCUT2D eigenvalue weighted by Gasteiger charge is 2.49. The number of halogens is 1. The van der Waals surface area contributed by atoms with Crippen LogP contribution in [0.3, 0.4) is 0 Å². The van der Waals surface area contributed by atoms with Gasteiger partial charge in [0.25, 0.3) is 0 Å². The molecule has 2 aromatic carbocycles. The first kappa shape index (κ1) is 20.2. The fraction of sp³-hybridized carbons (Fsp3) is 0.500. The highest BCUT2D eigenvalue weighted by Crippen LogP contribution is 2.51. The number of benzene rings is 2. The summed E-state index contributed by atoms with van der Waals surface area (Å²) in [5.41, 5.74) is 1.37. The summed E-state index contributed by atoms with van der Waals surface area (Å²) in [4.78, 5) is 2.38. The summed E-state index contributed by atoms with van der Waals surface area (Å²) in [6.07, 6.45) is 4.78. The van der Waals surface area contributed by atoms with E-state index in [2.05, 4.69) is 11.0 Å². The summed E-state index contributed by atoms with van der Waals surface area (Å²) in [7, 11) is 3.32. The van der Waals surface area contributed by atoms with Gasteiger partial charge in [-0.2, -0.15) is 0 Å². The van der Waals surface area contributed by atoms with Crippen molar-refractivity contribution in [3.8, 4) is 11.5 Å². The van der Waals surface area contributed by atoms with Crippen molar-refractivity contribution in [1.82, 2.24) is 4.90 Å². The molecular formula is C24H30FNO3. The Morgan fingerprint density at radius 3 is 2.72 bits per heavy atom. The SMILES string of the molecule is COc1ccc([C@H]2[C@@H]3CCCC[C@]3(O)CCN2Cc2cccc(F)c2)c(OC)c1. The van der Waals surface area contributed by atoms with E-state index in [0.29, 0.717) is 6.54 Å². The van der Waals surface area contributed by atoms with E-state index in [0.717, 1.165) is 61.3 Å². The number of rotatable bonds is 5. The molecule has 4 nitrogen and oxygen atoms in total. The molecule has 0 spiro atoms. The van der Waals surface area contributed by atoms with Crippen LogP contribution >= 0.6 is 0 Å². The highest BCUT2D eigenvalue weighted by molar-refractivity contribution is 5.43. The lowest BCUT2D eigenvalue weighted by Gasteiger charge is -2.53. The molecule has 0 bridgehead atoms. The Bertz CT molecular complexity index is 858. The summed E-state index contributed by atoms with van der Waals surface area (Å²) in [5, 5.41) is 11.5. The number of ether oxygens (including phenoxy) is 2. The van der Waals surface area contributed by atoms with Crippen molar-refractivity contribution in [2.45, 2.75) is 50.3 Å². The zero-order valence-corrected chi connectivity index (χ0v) is 17.2. The standard InChI is InChI=1S/C24H30FNO3/c1-28-19-9-10-20(22(15-19)29-2)23-21-8-3-4-11-24(21,27)12-13-26(23)16-17-6-5-7-18(25)14-17/h5-7,9-10,14-15,21,23,27H,3-4,8,11-13,16H2,1-2H3/t21-,23-,24-/m0/s1. The minimum atomic E-state index is -0.647. The number of likely N-dealkylation sites (tertiary alicyclic amines) is 1. The van der Waals surface area contributed by atoms with Crippen molar-refractivity contribution in [1.29, 1.82) is 0 Å². The molecule has 0 aromatic heterocycles. The lowest BCUT2D eigenvalue weighted by molar-refractivity contribution is -0.126. The Balaban J connectivity index is 1.74. The maximum atomic E-state index is 13.8. The molecular weight excluding hydrogens is 369 g/mol. The fourth-order valence-electron chi connectivity index (χ4n) is 5.27. The van der Waals surface area contributed by atoms with Crippen molar-refractivity contribution in [3.05, 3.63) is 59.4 Å². The Kier molecular flexibility index (Phi) is 5.79. The number of aliphatic hydroxyl groups is 1. The summed E-state index contributed by atoms with van der Waals surface area (Å²) in [6.45, 7) is 1.41. The van der Waals surface area contributed by atoms with Gasteiger partial charge < -0.3 is 14.6 Å². The molecule has 1 heterocycles. The average Bonchev–Trinajstić information content (AvgIpc) is 2.73. The molecule has 4 rings (SSSR count). The monoisotopic (exact) mass is 399 g/mol. The molecule has 5 heteroatoms. The van der Waals surface area contributed by atoms with Crippen LogP contribution in [-0.2, 0) is 6.54 Å². The van der Waals surface area contributed by atoms with Crippen LogP contribution in [0.2, 0.25) is 0 Å². The summed E-state index contributed by atoms with van der Waals surface area (Å²) < 4.78 is 24.9. The van der Waals surface area contributed by atoms with Crippen LogP contribution in [0.4, 0.5) is 4.39 Å². The van der Waals surface area contributed by atoms with E-state index in [1.54, 1.807) is 26.4 Å². The zero-order chi connectivity index (χ0) is 20.4. The maximum Gasteiger partial charge on any atom is 0.127 e. The first-order valence-electron chi connectivity index (χ1n) is 10.5. The third-order valence-corrected chi connectivity index (χ3v) is 6.71. The van der Waals surface area contributed by atoms with E-state index in [4.69, 9.17) is 9.47 Å². The number of fused-ring (bicyclic) bond motifs is 1. The Labute approximate surface area is 172 Å². The number of piperidine rings is 1. The van der Waals surface area contributed by atoms with Gasteiger partial charge in [0.15, 0.2) is 0 Å². The Morgan fingerprint density at radius 1 is 1.10 bits per heavy atom. The molecule has 1 saturated heterocycles. The van der Waals surface area contributed by atoms with Gasteiger partial charge in [0.2, 0.25) is 0 Å². The Hall–Kier alpha value is -2.11. The van der Waals surface area contributed by atoms with E-state index in [9.17, 15) is 9.50 Å². The van der Waals surface area contributed by atoms with Crippen LogP contribution in [0.5, 0.6) is 11.5 Å². The second-order valence-electron chi connectivity index (χ2n) is 8.36. The normalized spacial score (nSPS) is 27.3. The summed E-state index contributed by atoms with van der Waals surface area (Å²) >= 11 is 0. The minimum Gasteiger partial charge on any atom is -0.497 e. The zero-order valence-electron chi connectivity index (χ0n) is 17.2. The summed E-state index contributed by atoms with van der Waals surface area (Å²) in [5.74, 6) is 1.43. The predicted molar refractivity (Wildman–Crippen MR) is 111 cm³/mol. The third kappa shape index (κ3) is 3.99. The van der Waals surface area contributed by atoms with E-state index < -0.39 is 5.60 Å². The third-order valence-electron chi connectivity index (χ3n) is 6.71. The lowest BCUT2D eigenvalue weighted by atomic mass is 9.66. The van der Waals surface area contributed by atoms with Gasteiger partial charge in [0.1, 0.15) is 17.3 Å². The molecule has 0 radical (unpaired) electrons. The average molecular weight is 400 g/mol. The number of hydrogen-bond acceptors (Lipinski definition) is 4. The van der Waals surface area contributed by atoms with Crippen LogP contribution in [0, 0.1) is 11.7 Å². The van der Waals surface area contributed by atoms with Crippen molar-refractivity contribution < 1.29 is 19.0 Å². The van der Waals surface area contributed by atoms with E-state index in [1.807, 2.05) is 18.2 Å². The molecule has 1 saturated carbocycles. The lowest BCUT2D eigenvalue weighted by Crippen LogP contribution is -2.54. The molecule has 29 heavy (non-hydrogen) atoms. The molecule has 0 amide bonds. The molecule has 2 aliphatic rings. The molecule has 2 aromatic rings. The first-order chi connectivity index (χ1) is 14.0. The van der Waals surface area contributed by atoms with Crippen LogP contribution in [0.15, 0.2) is 42.5 Å². The minimum absolute atomic E-state index is 0.0122. The van der Waals surface area contributed by atoms with Crippen LogP contribution in [0.1, 0.15) is 49.3 Å². The Morgan fingerprint density at radius 2 is 1.97 bits per heavy atom. The second-order valence-corrected chi connectivity index (χ2v) is 8.36. The van der Waals surface area contributed by atoms with Crippen molar-refractivity contribution in [2.24, 2.45) is 5.92 Å². The molecule has 0 unspecified atom stereocenters. The van der Waals surface area contributed by atoms with E-state index in [-0.39, 0.29) is 17.8 Å². The van der Waals surface area contributed by atoms with Gasteiger partial charge in [-0.15, -0.1) is 0 Å². The van der Waals surface area contributed by atoms with Gasteiger partial charge >= 0.3 is 0 Å². The number of nitrogens with zero attached hydrogens (tertiary/aromatic N) is 1. The molecule has 1 aliphatic heterocycles. The second kappa shape index (κ2) is 8.33. The smallest absolute Gasteiger partial charge is 0.127 e. The molecule has 1 N–H and O–H groups in total. The van der Waals surface area contributed by atoms with Gasteiger partial charge in [-0.3, -0.25) is 4.90 Å². The van der Waals surface area contributed by atoms with Crippen LogP contribution < -0.4 is 9.47 Å². The fourth-order valence-corrected chi connectivity index (χ4v) is 5.27. The van der Waals surface area contributed by atoms with Crippen molar-refractivity contribution in [2.75, 3.05) is 20.8 Å². The molecule has 1 aliphatic carbocycles. The van der Waals surface area contributed by atoms with Gasteiger partial charge in [-0.25, -0.2) is 4.39 Å². The number of methoxy groups -OCH3 is 2. The van der Waals surface area contributed by atoms with Crippen LogP contribution in [0.25, 0.3) is 0 Å². The summed E-state index contributed by atoms with van der Waals surface area (Å²) in [6, 6.07) is 12.7. The van der Waals surface area contributed by atoms with Crippen molar-refractivity contribution in [3.63, 3.8) is 0 Å². The van der Waals surface area contributed by atoms with E-state index in [1.165, 1.54) is 6.07 Å². The van der Waals surface area contributed by atoms with Gasteiger partial charge in [-0.1, -0.05) is 31.0 Å². The molecule has 3 atom stereocenters. The van der Waals surface area contributed by atoms with E-state index >= 15 is 0 Å². The number of hydrogen-bond donors (Lipinski definition) is 1. The topological polar surface area (TPSA) is 41.9 Å². The van der Waals surface area contributed by atoms with Gasteiger partial charge in [-0.05, 0) is 43.0 Å². The highest BCUT2D eigenvalue weighted by atomic mass is 19.1. The molecule has 156 valence electrons. The van der Waals surface area contributed by atoms with Crippen molar-refractivity contribution >= 4 is 0 Å². The molecule has 2 fully saturated rings. The quantitative estimate of drug-likeness (QED) is 0.791. The van der Waals surface area contributed by atoms with Gasteiger partial charge in [0.05, 0.1) is 19.8 Å². The van der Waals surface area contributed by atoms with Crippen LogP contribution in [-0.4, -0.2) is 36.4 Å². The largest absolute Gasteiger partial charge is 0.497 e. The predicted octanol–water partition coefficient (Wildman–Crippen LogP) is 4.71. The van der Waals surface area contributed by atoms with Gasteiger partial charge in [0, 0.05) is 36.7 Å².